The number of aryl methyl sites for hydroxylation is 4. The van der Waals surface area contributed by atoms with Crippen LogP contribution in [-0.2, 0) is 14.4 Å². The predicted molar refractivity (Wildman–Crippen MR) is 141 cm³/mol. The maximum absolute atomic E-state index is 13.2. The smallest absolute Gasteiger partial charge is 0.335 e. The van der Waals surface area contributed by atoms with E-state index in [1.54, 1.807) is 36.4 Å². The molecule has 8 heteroatoms. The number of amides is 5. The zero-order valence-corrected chi connectivity index (χ0v) is 21.0. The molecule has 3 aromatic rings. The van der Waals surface area contributed by atoms with Crippen molar-refractivity contribution in [2.45, 2.75) is 27.7 Å². The topological polar surface area (TPSA) is 105 Å². The Morgan fingerprint density at radius 1 is 0.919 bits per heavy atom. The first kappa shape index (κ1) is 25.4. The van der Waals surface area contributed by atoms with E-state index in [4.69, 9.17) is 4.74 Å². The Kier molecular flexibility index (Phi) is 7.20. The number of benzene rings is 3. The van der Waals surface area contributed by atoms with Crippen LogP contribution in [0.25, 0.3) is 6.08 Å². The molecule has 1 heterocycles. The summed E-state index contributed by atoms with van der Waals surface area (Å²) in [5, 5.41) is 5.02. The molecule has 5 amide bonds. The summed E-state index contributed by atoms with van der Waals surface area (Å²) in [6.07, 6.45) is 1.39. The summed E-state index contributed by atoms with van der Waals surface area (Å²) in [6, 6.07) is 16.8. The van der Waals surface area contributed by atoms with Crippen LogP contribution in [0.15, 0.2) is 66.2 Å². The minimum atomic E-state index is -0.802. The van der Waals surface area contributed by atoms with E-state index in [1.165, 1.54) is 6.08 Å². The van der Waals surface area contributed by atoms with Crippen LogP contribution in [0.3, 0.4) is 0 Å². The van der Waals surface area contributed by atoms with E-state index in [9.17, 15) is 19.2 Å². The Morgan fingerprint density at radius 2 is 1.65 bits per heavy atom. The van der Waals surface area contributed by atoms with Crippen molar-refractivity contribution in [1.29, 1.82) is 0 Å². The van der Waals surface area contributed by atoms with Gasteiger partial charge in [0.15, 0.2) is 6.61 Å². The summed E-state index contributed by atoms with van der Waals surface area (Å²) in [5.41, 5.74) is 5.33. The second-order valence-corrected chi connectivity index (χ2v) is 9.01. The molecule has 1 saturated heterocycles. The van der Waals surface area contributed by atoms with Crippen LogP contribution in [0, 0.1) is 27.7 Å². The fourth-order valence-corrected chi connectivity index (χ4v) is 4.00. The fraction of sp³-hybridized carbons (Fsp3) is 0.172. The summed E-state index contributed by atoms with van der Waals surface area (Å²) in [6.45, 7) is 7.46. The number of imide groups is 2. The highest BCUT2D eigenvalue weighted by Gasteiger charge is 2.37. The highest BCUT2D eigenvalue weighted by Crippen LogP contribution is 2.25. The maximum atomic E-state index is 13.2. The molecule has 0 bridgehead atoms. The Labute approximate surface area is 214 Å². The van der Waals surface area contributed by atoms with Gasteiger partial charge >= 0.3 is 6.03 Å². The Balaban J connectivity index is 1.49. The Hall–Kier alpha value is -4.72. The van der Waals surface area contributed by atoms with E-state index in [0.29, 0.717) is 22.7 Å². The highest BCUT2D eigenvalue weighted by atomic mass is 16.5. The third-order valence-corrected chi connectivity index (χ3v) is 5.90. The van der Waals surface area contributed by atoms with Crippen LogP contribution in [-0.4, -0.2) is 30.4 Å². The SMILES string of the molecule is Cc1cc(C)cc(N2C(=O)NC(=O)/C(=C\c3cccc(OCC(=O)Nc4ccc(C)c(C)c4)c3)C2=O)c1. The lowest BCUT2D eigenvalue weighted by Gasteiger charge is -2.27. The molecule has 0 unspecified atom stereocenters. The zero-order chi connectivity index (χ0) is 26.7. The molecule has 0 atom stereocenters. The first-order chi connectivity index (χ1) is 17.6. The third-order valence-electron chi connectivity index (χ3n) is 5.90. The molecule has 1 aliphatic rings. The number of nitrogens with one attached hydrogen (secondary N) is 2. The summed E-state index contributed by atoms with van der Waals surface area (Å²) < 4.78 is 5.62. The average Bonchev–Trinajstić information content (AvgIpc) is 2.82. The molecule has 0 saturated carbocycles. The van der Waals surface area contributed by atoms with E-state index < -0.39 is 17.8 Å². The van der Waals surface area contributed by atoms with Crippen LogP contribution in [0.1, 0.15) is 27.8 Å². The summed E-state index contributed by atoms with van der Waals surface area (Å²) in [4.78, 5) is 51.5. The van der Waals surface area contributed by atoms with Gasteiger partial charge in [0, 0.05) is 5.69 Å². The van der Waals surface area contributed by atoms with E-state index >= 15 is 0 Å². The van der Waals surface area contributed by atoms with Crippen molar-refractivity contribution in [1.82, 2.24) is 5.32 Å². The van der Waals surface area contributed by atoms with Crippen molar-refractivity contribution in [2.75, 3.05) is 16.8 Å². The van der Waals surface area contributed by atoms with Crippen LogP contribution in [0.2, 0.25) is 0 Å². The van der Waals surface area contributed by atoms with Crippen molar-refractivity contribution < 1.29 is 23.9 Å². The van der Waals surface area contributed by atoms with Crippen molar-refractivity contribution in [2.24, 2.45) is 0 Å². The van der Waals surface area contributed by atoms with Gasteiger partial charge < -0.3 is 10.1 Å². The van der Waals surface area contributed by atoms with Gasteiger partial charge in [-0.05, 0) is 98.0 Å². The number of rotatable bonds is 6. The number of carbonyl (C=O) groups is 4. The van der Waals surface area contributed by atoms with Gasteiger partial charge in [-0.1, -0.05) is 24.3 Å². The normalized spacial score (nSPS) is 14.5. The molecule has 37 heavy (non-hydrogen) atoms. The molecule has 0 aliphatic carbocycles. The van der Waals surface area contributed by atoms with Crippen LogP contribution < -0.4 is 20.3 Å². The summed E-state index contributed by atoms with van der Waals surface area (Å²) in [5.74, 6) is -1.44. The van der Waals surface area contributed by atoms with Gasteiger partial charge in [-0.25, -0.2) is 9.69 Å². The monoisotopic (exact) mass is 497 g/mol. The number of ether oxygens (including phenoxy) is 1. The number of carbonyl (C=O) groups excluding carboxylic acids is 4. The third kappa shape index (κ3) is 5.92. The van der Waals surface area contributed by atoms with Gasteiger partial charge in [0.25, 0.3) is 17.7 Å². The molecule has 3 aromatic carbocycles. The molecule has 4 rings (SSSR count). The van der Waals surface area contributed by atoms with Gasteiger partial charge in [0.2, 0.25) is 0 Å². The molecular formula is C29H27N3O5. The molecular weight excluding hydrogens is 470 g/mol. The van der Waals surface area contributed by atoms with Crippen molar-refractivity contribution in [3.63, 3.8) is 0 Å². The molecule has 1 aliphatic heterocycles. The van der Waals surface area contributed by atoms with Gasteiger partial charge in [-0.3, -0.25) is 19.7 Å². The summed E-state index contributed by atoms with van der Waals surface area (Å²) >= 11 is 0. The van der Waals surface area contributed by atoms with E-state index in [0.717, 1.165) is 27.2 Å². The number of hydrogen-bond acceptors (Lipinski definition) is 5. The van der Waals surface area contributed by atoms with Crippen molar-refractivity contribution in [3.8, 4) is 5.75 Å². The van der Waals surface area contributed by atoms with Gasteiger partial charge in [-0.2, -0.15) is 0 Å². The molecule has 0 spiro atoms. The number of urea groups is 1. The number of anilines is 2. The van der Waals surface area contributed by atoms with E-state index in [1.807, 2.05) is 52.0 Å². The first-order valence-electron chi connectivity index (χ1n) is 11.7. The molecule has 2 N–H and O–H groups in total. The second kappa shape index (κ2) is 10.5. The lowest BCUT2D eigenvalue weighted by molar-refractivity contribution is -0.122. The molecule has 0 aromatic heterocycles. The number of hydrogen-bond donors (Lipinski definition) is 2. The standard InChI is InChI=1S/C29H27N3O5/c1-17-10-18(2)12-23(11-17)32-28(35)25(27(34)31-29(32)36)15-21-6-5-7-24(14-21)37-16-26(33)30-22-9-8-19(3)20(4)13-22/h5-15H,16H2,1-4H3,(H,30,33)(H,31,34,36)/b25-15+. The van der Waals surface area contributed by atoms with E-state index in [-0.39, 0.29) is 18.1 Å². The second-order valence-electron chi connectivity index (χ2n) is 9.01. The van der Waals surface area contributed by atoms with Gasteiger partial charge in [0.1, 0.15) is 11.3 Å². The van der Waals surface area contributed by atoms with Crippen LogP contribution >= 0.6 is 0 Å². The van der Waals surface area contributed by atoms with Gasteiger partial charge in [0.05, 0.1) is 5.69 Å². The van der Waals surface area contributed by atoms with Crippen LogP contribution in [0.4, 0.5) is 16.2 Å². The molecule has 8 nitrogen and oxygen atoms in total. The lowest BCUT2D eigenvalue weighted by atomic mass is 10.1. The largest absolute Gasteiger partial charge is 0.484 e. The number of nitrogens with zero attached hydrogens (tertiary/aromatic N) is 1. The quantitative estimate of drug-likeness (QED) is 0.382. The fourth-order valence-electron chi connectivity index (χ4n) is 4.00. The molecule has 0 radical (unpaired) electrons. The Morgan fingerprint density at radius 3 is 2.35 bits per heavy atom. The summed E-state index contributed by atoms with van der Waals surface area (Å²) in [7, 11) is 0. The number of barbiturate groups is 1. The first-order valence-corrected chi connectivity index (χ1v) is 11.7. The molecule has 188 valence electrons. The minimum Gasteiger partial charge on any atom is -0.484 e. The van der Waals surface area contributed by atoms with Gasteiger partial charge in [-0.15, -0.1) is 0 Å². The highest BCUT2D eigenvalue weighted by molar-refractivity contribution is 6.39. The van der Waals surface area contributed by atoms with E-state index in [2.05, 4.69) is 10.6 Å². The lowest BCUT2D eigenvalue weighted by Crippen LogP contribution is -2.54. The van der Waals surface area contributed by atoms with Crippen molar-refractivity contribution in [3.05, 3.63) is 94.1 Å². The zero-order valence-electron chi connectivity index (χ0n) is 21.0. The predicted octanol–water partition coefficient (Wildman–Crippen LogP) is 4.60. The Bertz CT molecular complexity index is 1440. The van der Waals surface area contributed by atoms with Crippen molar-refractivity contribution >= 4 is 41.2 Å². The molecule has 1 fully saturated rings. The average molecular weight is 498 g/mol. The maximum Gasteiger partial charge on any atom is 0.335 e. The minimum absolute atomic E-state index is 0.191. The van der Waals surface area contributed by atoms with Crippen LogP contribution in [0.5, 0.6) is 5.75 Å².